The van der Waals surface area contributed by atoms with Gasteiger partial charge in [-0.2, -0.15) is 0 Å². The topological polar surface area (TPSA) is 77.1 Å². The van der Waals surface area contributed by atoms with Gasteiger partial charge in [0.1, 0.15) is 5.60 Å². The number of piperidine rings is 1. The maximum Gasteiger partial charge on any atom is 0.495 e. The van der Waals surface area contributed by atoms with Crippen molar-refractivity contribution in [2.75, 3.05) is 13.1 Å². The number of hydrogen-bond donors (Lipinski definition) is 1. The van der Waals surface area contributed by atoms with E-state index in [0.29, 0.717) is 19.5 Å². The lowest BCUT2D eigenvalue weighted by atomic mass is 9.75. The Labute approximate surface area is 198 Å². The van der Waals surface area contributed by atoms with Crippen LogP contribution in [-0.4, -0.2) is 60.0 Å². The van der Waals surface area contributed by atoms with Crippen LogP contribution in [-0.2, 0) is 25.3 Å². The number of alkyl carbamates (subject to hydrolysis) is 1. The third-order valence-corrected chi connectivity index (χ3v) is 6.77. The van der Waals surface area contributed by atoms with Gasteiger partial charge in [0.15, 0.2) is 0 Å². The Balaban J connectivity index is 1.52. The number of benzene rings is 1. The number of rotatable bonds is 4. The summed E-state index contributed by atoms with van der Waals surface area (Å²) in [5, 5.41) is 2.91. The average Bonchev–Trinajstić information content (AvgIpc) is 2.87. The first kappa shape index (κ1) is 25.6. The molecule has 3 rings (SSSR count). The van der Waals surface area contributed by atoms with Crippen molar-refractivity contribution in [3.05, 3.63) is 29.3 Å². The second kappa shape index (κ2) is 9.30. The zero-order chi connectivity index (χ0) is 24.6. The quantitative estimate of drug-likeness (QED) is 0.701. The van der Waals surface area contributed by atoms with Gasteiger partial charge in [-0.15, -0.1) is 0 Å². The predicted octanol–water partition coefficient (Wildman–Crippen LogP) is 3.35. The molecule has 0 atom stereocenters. The van der Waals surface area contributed by atoms with Gasteiger partial charge in [0.05, 0.1) is 17.6 Å². The van der Waals surface area contributed by atoms with Crippen molar-refractivity contribution in [3.8, 4) is 0 Å². The number of carbonyl (C=O) groups excluding carboxylic acids is 2. The second-order valence-electron chi connectivity index (χ2n) is 11.3. The van der Waals surface area contributed by atoms with Crippen LogP contribution in [0.25, 0.3) is 0 Å². The van der Waals surface area contributed by atoms with Gasteiger partial charge in [-0.05, 0) is 79.3 Å². The molecule has 2 saturated heterocycles. The van der Waals surface area contributed by atoms with Crippen molar-refractivity contribution in [2.45, 2.75) is 97.5 Å². The predicted molar refractivity (Wildman–Crippen MR) is 130 cm³/mol. The van der Waals surface area contributed by atoms with Crippen molar-refractivity contribution in [1.29, 1.82) is 0 Å². The highest BCUT2D eigenvalue weighted by Crippen LogP contribution is 2.36. The van der Waals surface area contributed by atoms with E-state index in [1.54, 1.807) is 0 Å². The number of carbonyl (C=O) groups is 2. The van der Waals surface area contributed by atoms with Gasteiger partial charge in [0.2, 0.25) is 5.91 Å². The number of nitrogens with zero attached hydrogens (tertiary/aromatic N) is 1. The van der Waals surface area contributed by atoms with Crippen LogP contribution in [0.5, 0.6) is 0 Å². The van der Waals surface area contributed by atoms with E-state index < -0.39 is 18.8 Å². The van der Waals surface area contributed by atoms with Gasteiger partial charge in [-0.25, -0.2) is 4.79 Å². The van der Waals surface area contributed by atoms with E-state index in [4.69, 9.17) is 14.0 Å². The molecule has 8 heteroatoms. The summed E-state index contributed by atoms with van der Waals surface area (Å²) in [6.45, 7) is 17.0. The molecule has 2 fully saturated rings. The zero-order valence-electron chi connectivity index (χ0n) is 21.4. The fraction of sp³-hybridized carbons (Fsp3) is 0.680. The lowest BCUT2D eigenvalue weighted by Crippen LogP contribution is -2.48. The zero-order valence-corrected chi connectivity index (χ0v) is 21.4. The number of aryl methyl sites for hydroxylation is 1. The second-order valence-corrected chi connectivity index (χ2v) is 11.3. The molecule has 0 saturated carbocycles. The summed E-state index contributed by atoms with van der Waals surface area (Å²) in [4.78, 5) is 26.7. The third-order valence-electron chi connectivity index (χ3n) is 6.77. The smallest absolute Gasteiger partial charge is 0.444 e. The van der Waals surface area contributed by atoms with E-state index in [2.05, 4.69) is 11.4 Å². The Morgan fingerprint density at radius 2 is 1.70 bits per heavy atom. The lowest BCUT2D eigenvalue weighted by Gasteiger charge is -2.33. The SMILES string of the molecule is Cc1cc(CC(=O)N2CCC(NC(=O)OC(C)(C)C)CC2)ccc1B1OC(C)(C)C(C)(C)O1. The maximum absolute atomic E-state index is 12.9. The molecule has 0 aliphatic carbocycles. The molecule has 2 amide bonds. The minimum atomic E-state index is -0.517. The number of likely N-dealkylation sites (tertiary alicyclic amines) is 1. The number of nitrogens with one attached hydrogen (secondary N) is 1. The highest BCUT2D eigenvalue weighted by atomic mass is 16.7. The molecule has 1 aromatic rings. The van der Waals surface area contributed by atoms with Crippen LogP contribution in [0.2, 0.25) is 0 Å². The highest BCUT2D eigenvalue weighted by molar-refractivity contribution is 6.62. The molecule has 182 valence electrons. The average molecular weight is 458 g/mol. The lowest BCUT2D eigenvalue weighted by molar-refractivity contribution is -0.131. The summed E-state index contributed by atoms with van der Waals surface area (Å²) in [6, 6.07) is 6.08. The van der Waals surface area contributed by atoms with Crippen molar-refractivity contribution >= 4 is 24.6 Å². The number of ether oxygens (including phenoxy) is 1. The molecule has 0 spiro atoms. The van der Waals surface area contributed by atoms with Crippen LogP contribution in [0.3, 0.4) is 0 Å². The summed E-state index contributed by atoms with van der Waals surface area (Å²) < 4.78 is 17.7. The normalized spacial score (nSPS) is 20.6. The molecular weight excluding hydrogens is 419 g/mol. The summed E-state index contributed by atoms with van der Waals surface area (Å²) in [5.74, 6) is 0.105. The largest absolute Gasteiger partial charge is 0.495 e. The van der Waals surface area contributed by atoms with Crippen LogP contribution >= 0.6 is 0 Å². The van der Waals surface area contributed by atoms with Gasteiger partial charge in [0, 0.05) is 19.1 Å². The Kier molecular flexibility index (Phi) is 7.20. The summed E-state index contributed by atoms with van der Waals surface area (Å²) >= 11 is 0. The summed E-state index contributed by atoms with van der Waals surface area (Å²) in [5.41, 5.74) is 1.74. The molecule has 1 aromatic carbocycles. The number of amides is 2. The first-order valence-corrected chi connectivity index (χ1v) is 11.9. The first-order chi connectivity index (χ1) is 15.2. The Bertz CT molecular complexity index is 869. The van der Waals surface area contributed by atoms with Crippen LogP contribution in [0.4, 0.5) is 4.79 Å². The fourth-order valence-corrected chi connectivity index (χ4v) is 4.12. The molecule has 2 heterocycles. The summed E-state index contributed by atoms with van der Waals surface area (Å²) in [7, 11) is -0.406. The fourth-order valence-electron chi connectivity index (χ4n) is 4.12. The van der Waals surface area contributed by atoms with E-state index in [9.17, 15) is 9.59 Å². The minimum absolute atomic E-state index is 0.0327. The van der Waals surface area contributed by atoms with E-state index in [0.717, 1.165) is 29.4 Å². The Morgan fingerprint density at radius 3 is 2.21 bits per heavy atom. The molecule has 0 aromatic heterocycles. The Morgan fingerprint density at radius 1 is 1.12 bits per heavy atom. The van der Waals surface area contributed by atoms with E-state index in [-0.39, 0.29) is 23.2 Å². The molecular formula is C25H39BN2O5. The van der Waals surface area contributed by atoms with Gasteiger partial charge in [-0.1, -0.05) is 23.8 Å². The van der Waals surface area contributed by atoms with Crippen molar-refractivity contribution in [3.63, 3.8) is 0 Å². The third kappa shape index (κ3) is 6.30. The first-order valence-electron chi connectivity index (χ1n) is 11.9. The van der Waals surface area contributed by atoms with Crippen LogP contribution in [0, 0.1) is 6.92 Å². The minimum Gasteiger partial charge on any atom is -0.444 e. The van der Waals surface area contributed by atoms with Gasteiger partial charge >= 0.3 is 13.2 Å². The van der Waals surface area contributed by atoms with E-state index in [1.165, 1.54) is 0 Å². The molecule has 2 aliphatic rings. The van der Waals surface area contributed by atoms with Gasteiger partial charge < -0.3 is 24.3 Å². The van der Waals surface area contributed by atoms with Crippen molar-refractivity contribution < 1.29 is 23.6 Å². The standard InChI is InChI=1S/C25H39BN2O5/c1-17-15-18(9-10-20(17)26-32-24(5,6)25(7,8)33-26)16-21(29)28-13-11-19(12-14-28)27-22(30)31-23(2,3)4/h9-10,15,19H,11-14,16H2,1-8H3,(H,27,30). The highest BCUT2D eigenvalue weighted by Gasteiger charge is 2.52. The van der Waals surface area contributed by atoms with Crippen LogP contribution < -0.4 is 10.8 Å². The molecule has 1 N–H and O–H groups in total. The maximum atomic E-state index is 12.9. The molecule has 2 aliphatic heterocycles. The monoisotopic (exact) mass is 458 g/mol. The van der Waals surface area contributed by atoms with E-state index >= 15 is 0 Å². The molecule has 0 radical (unpaired) electrons. The van der Waals surface area contributed by atoms with Crippen molar-refractivity contribution in [2.24, 2.45) is 0 Å². The Hall–Kier alpha value is -2.06. The van der Waals surface area contributed by atoms with Gasteiger partial charge in [0.25, 0.3) is 0 Å². The molecule has 7 nitrogen and oxygen atoms in total. The summed E-state index contributed by atoms with van der Waals surface area (Å²) in [6.07, 6.45) is 1.41. The van der Waals surface area contributed by atoms with Crippen LogP contribution in [0.15, 0.2) is 18.2 Å². The molecule has 33 heavy (non-hydrogen) atoms. The van der Waals surface area contributed by atoms with Crippen molar-refractivity contribution in [1.82, 2.24) is 10.2 Å². The molecule has 0 unspecified atom stereocenters. The van der Waals surface area contributed by atoms with Crippen LogP contribution in [0.1, 0.15) is 72.4 Å². The van der Waals surface area contributed by atoms with Gasteiger partial charge in [-0.3, -0.25) is 4.79 Å². The molecule has 0 bridgehead atoms. The van der Waals surface area contributed by atoms with E-state index in [1.807, 2.05) is 72.4 Å². The number of hydrogen-bond acceptors (Lipinski definition) is 5.